The fourth-order valence-electron chi connectivity index (χ4n) is 4.21. The van der Waals surface area contributed by atoms with E-state index in [0.29, 0.717) is 6.04 Å². The molecule has 0 spiro atoms. The fourth-order valence-corrected chi connectivity index (χ4v) is 4.21. The van der Waals surface area contributed by atoms with Gasteiger partial charge in [-0.1, -0.05) is 17.7 Å². The summed E-state index contributed by atoms with van der Waals surface area (Å²) in [5, 5.41) is 5.16. The topological polar surface area (TPSA) is 46.3 Å². The minimum atomic E-state index is 0.404. The van der Waals surface area contributed by atoms with Crippen LogP contribution in [0.1, 0.15) is 41.3 Å². The highest BCUT2D eigenvalue weighted by molar-refractivity contribution is 5.85. The van der Waals surface area contributed by atoms with Gasteiger partial charge in [-0.2, -0.15) is 0 Å². The molecule has 2 N–H and O–H groups in total. The van der Waals surface area contributed by atoms with Crippen molar-refractivity contribution >= 4 is 10.9 Å². The van der Waals surface area contributed by atoms with Gasteiger partial charge >= 0.3 is 0 Å². The van der Waals surface area contributed by atoms with Crippen molar-refractivity contribution in [3.63, 3.8) is 0 Å². The normalized spacial score (nSPS) is 16.3. The minimum Gasteiger partial charge on any atom is -0.493 e. The molecule has 0 saturated carbocycles. The standard InChI is InChI=1S/C23H28N2O2/c1-15-7-9-19-18(13-15)17-5-4-6-20(23(17)25-19)24-12-11-16-8-10-21(26-2)22(14-16)27-3/h7-10,13-14,20,24-25H,4-6,11-12H2,1-3H3/t20-/m1/s1. The molecule has 1 heterocycles. The summed E-state index contributed by atoms with van der Waals surface area (Å²) < 4.78 is 10.7. The number of methoxy groups -OCH3 is 2. The van der Waals surface area contributed by atoms with Gasteiger partial charge in [0.1, 0.15) is 0 Å². The molecule has 0 fully saturated rings. The number of ether oxygens (including phenoxy) is 2. The van der Waals surface area contributed by atoms with Gasteiger partial charge in [-0.05, 0) is 74.5 Å². The van der Waals surface area contributed by atoms with E-state index in [9.17, 15) is 0 Å². The Balaban J connectivity index is 1.47. The molecule has 3 aromatic rings. The third-order valence-electron chi connectivity index (χ3n) is 5.62. The van der Waals surface area contributed by atoms with E-state index >= 15 is 0 Å². The molecule has 27 heavy (non-hydrogen) atoms. The van der Waals surface area contributed by atoms with Crippen LogP contribution >= 0.6 is 0 Å². The molecular formula is C23H28N2O2. The van der Waals surface area contributed by atoms with Crippen LogP contribution in [0.3, 0.4) is 0 Å². The fraction of sp³-hybridized carbons (Fsp3) is 0.391. The highest BCUT2D eigenvalue weighted by Gasteiger charge is 2.23. The van der Waals surface area contributed by atoms with E-state index in [1.54, 1.807) is 14.2 Å². The van der Waals surface area contributed by atoms with Crippen LogP contribution in [0, 0.1) is 6.92 Å². The maximum atomic E-state index is 5.41. The van der Waals surface area contributed by atoms with Crippen LogP contribution in [-0.4, -0.2) is 25.7 Å². The average Bonchev–Trinajstić information content (AvgIpc) is 3.06. The zero-order valence-electron chi connectivity index (χ0n) is 16.4. The molecule has 0 unspecified atom stereocenters. The Kier molecular flexibility index (Phi) is 5.08. The first-order valence-corrected chi connectivity index (χ1v) is 9.75. The molecule has 1 aliphatic rings. The lowest BCUT2D eigenvalue weighted by molar-refractivity contribution is 0.354. The van der Waals surface area contributed by atoms with Gasteiger partial charge in [0.05, 0.1) is 14.2 Å². The van der Waals surface area contributed by atoms with E-state index < -0.39 is 0 Å². The summed E-state index contributed by atoms with van der Waals surface area (Å²) >= 11 is 0. The highest BCUT2D eigenvalue weighted by Crippen LogP contribution is 2.35. The zero-order chi connectivity index (χ0) is 18.8. The van der Waals surface area contributed by atoms with Crippen LogP contribution in [0.25, 0.3) is 10.9 Å². The molecule has 1 aliphatic carbocycles. The quantitative estimate of drug-likeness (QED) is 0.666. The Morgan fingerprint density at radius 2 is 1.93 bits per heavy atom. The second-order valence-electron chi connectivity index (χ2n) is 7.40. The third-order valence-corrected chi connectivity index (χ3v) is 5.62. The van der Waals surface area contributed by atoms with E-state index in [4.69, 9.17) is 9.47 Å². The van der Waals surface area contributed by atoms with Gasteiger partial charge in [0.25, 0.3) is 0 Å². The lowest BCUT2D eigenvalue weighted by Crippen LogP contribution is -2.27. The summed E-state index contributed by atoms with van der Waals surface area (Å²) in [7, 11) is 3.35. The van der Waals surface area contributed by atoms with Gasteiger partial charge in [-0.3, -0.25) is 0 Å². The summed E-state index contributed by atoms with van der Waals surface area (Å²) in [5.41, 5.74) is 6.73. The molecule has 4 heteroatoms. The molecular weight excluding hydrogens is 336 g/mol. The number of aryl methyl sites for hydroxylation is 2. The number of fused-ring (bicyclic) bond motifs is 3. The number of benzene rings is 2. The maximum absolute atomic E-state index is 5.41. The van der Waals surface area contributed by atoms with Crippen LogP contribution in [-0.2, 0) is 12.8 Å². The molecule has 0 aliphatic heterocycles. The van der Waals surface area contributed by atoms with Gasteiger partial charge in [-0.25, -0.2) is 0 Å². The zero-order valence-corrected chi connectivity index (χ0v) is 16.4. The Bertz CT molecular complexity index is 945. The number of nitrogens with one attached hydrogen (secondary N) is 2. The van der Waals surface area contributed by atoms with Crippen LogP contribution in [0.15, 0.2) is 36.4 Å². The van der Waals surface area contributed by atoms with Gasteiger partial charge in [0, 0.05) is 22.6 Å². The predicted molar refractivity (Wildman–Crippen MR) is 110 cm³/mol. The summed E-state index contributed by atoms with van der Waals surface area (Å²) in [4.78, 5) is 3.68. The monoisotopic (exact) mass is 364 g/mol. The molecule has 142 valence electrons. The van der Waals surface area contributed by atoms with Crippen molar-refractivity contribution < 1.29 is 9.47 Å². The maximum Gasteiger partial charge on any atom is 0.160 e. The SMILES string of the molecule is COc1ccc(CCN[C@@H]2CCCc3c2[nH]c2ccc(C)cc32)cc1OC. The number of H-pyrrole nitrogens is 1. The number of hydrogen-bond donors (Lipinski definition) is 2. The average molecular weight is 364 g/mol. The Hall–Kier alpha value is -2.46. The number of aromatic nitrogens is 1. The second kappa shape index (κ2) is 7.65. The van der Waals surface area contributed by atoms with Crippen molar-refractivity contribution in [1.82, 2.24) is 10.3 Å². The van der Waals surface area contributed by atoms with Gasteiger partial charge in [0.2, 0.25) is 0 Å². The number of rotatable bonds is 6. The molecule has 2 aromatic carbocycles. The second-order valence-corrected chi connectivity index (χ2v) is 7.40. The van der Waals surface area contributed by atoms with Crippen molar-refractivity contribution in [2.75, 3.05) is 20.8 Å². The smallest absolute Gasteiger partial charge is 0.160 e. The van der Waals surface area contributed by atoms with Gasteiger partial charge in [-0.15, -0.1) is 0 Å². The van der Waals surface area contributed by atoms with E-state index in [2.05, 4.69) is 47.6 Å². The molecule has 0 saturated heterocycles. The molecule has 4 nitrogen and oxygen atoms in total. The van der Waals surface area contributed by atoms with Crippen LogP contribution in [0.2, 0.25) is 0 Å². The van der Waals surface area contributed by atoms with E-state index in [0.717, 1.165) is 24.5 Å². The lowest BCUT2D eigenvalue weighted by Gasteiger charge is -2.24. The summed E-state index contributed by atoms with van der Waals surface area (Å²) in [6, 6.07) is 13.3. The number of aromatic amines is 1. The molecule has 0 amide bonds. The van der Waals surface area contributed by atoms with Crippen molar-refractivity contribution in [3.8, 4) is 11.5 Å². The third kappa shape index (κ3) is 3.54. The van der Waals surface area contributed by atoms with Crippen LogP contribution in [0.5, 0.6) is 11.5 Å². The van der Waals surface area contributed by atoms with E-state index in [1.165, 1.54) is 52.5 Å². The molecule has 1 atom stereocenters. The van der Waals surface area contributed by atoms with Crippen LogP contribution < -0.4 is 14.8 Å². The highest BCUT2D eigenvalue weighted by atomic mass is 16.5. The van der Waals surface area contributed by atoms with Crippen molar-refractivity contribution in [3.05, 3.63) is 58.8 Å². The first-order valence-electron chi connectivity index (χ1n) is 9.75. The first-order chi connectivity index (χ1) is 13.2. The van der Waals surface area contributed by atoms with Gasteiger partial charge < -0.3 is 19.8 Å². The van der Waals surface area contributed by atoms with Crippen LogP contribution in [0.4, 0.5) is 0 Å². The first kappa shape index (κ1) is 17.9. The largest absolute Gasteiger partial charge is 0.493 e. The summed E-state index contributed by atoms with van der Waals surface area (Å²) in [5.74, 6) is 1.57. The van der Waals surface area contributed by atoms with Gasteiger partial charge in [0.15, 0.2) is 11.5 Å². The molecule has 1 aromatic heterocycles. The summed E-state index contributed by atoms with van der Waals surface area (Å²) in [6.45, 7) is 3.11. The molecule has 4 rings (SSSR count). The van der Waals surface area contributed by atoms with E-state index in [1.807, 2.05) is 6.07 Å². The van der Waals surface area contributed by atoms with Crippen molar-refractivity contribution in [2.24, 2.45) is 0 Å². The van der Waals surface area contributed by atoms with E-state index in [-0.39, 0.29) is 0 Å². The Labute approximate surface area is 160 Å². The van der Waals surface area contributed by atoms with Crippen molar-refractivity contribution in [1.29, 1.82) is 0 Å². The molecule has 0 radical (unpaired) electrons. The Morgan fingerprint density at radius 3 is 2.74 bits per heavy atom. The lowest BCUT2D eigenvalue weighted by atomic mass is 9.91. The van der Waals surface area contributed by atoms with Crippen molar-refractivity contribution in [2.45, 2.75) is 38.6 Å². The summed E-state index contributed by atoms with van der Waals surface area (Å²) in [6.07, 6.45) is 4.56. The Morgan fingerprint density at radius 1 is 1.07 bits per heavy atom. The minimum absolute atomic E-state index is 0.404. The predicted octanol–water partition coefficient (Wildman–Crippen LogP) is 4.70. The molecule has 0 bridgehead atoms. The number of hydrogen-bond acceptors (Lipinski definition) is 3.